The van der Waals surface area contributed by atoms with Crippen LogP contribution in [0.3, 0.4) is 0 Å². The van der Waals surface area contributed by atoms with Crippen LogP contribution in [0.5, 0.6) is 23.0 Å². The van der Waals surface area contributed by atoms with Gasteiger partial charge in [0.2, 0.25) is 0 Å². The largest absolute Gasteiger partial charge is 0.493 e. The van der Waals surface area contributed by atoms with Crippen LogP contribution in [-0.4, -0.2) is 204 Å². The van der Waals surface area contributed by atoms with Crippen molar-refractivity contribution in [1.82, 2.24) is 39.9 Å². The molecule has 0 amide bonds. The average molecular weight is 1800 g/mol. The number of aromatic nitrogens is 8. The fraction of sp³-hybridized carbons (Fsp3) is 0.242. The van der Waals surface area contributed by atoms with Crippen molar-refractivity contribution >= 4 is 200 Å². The third kappa shape index (κ3) is 20.2. The molecule has 12 heterocycles. The van der Waals surface area contributed by atoms with Gasteiger partial charge in [0.25, 0.3) is 0 Å². The van der Waals surface area contributed by atoms with Gasteiger partial charge in [0.15, 0.2) is 0 Å². The van der Waals surface area contributed by atoms with Gasteiger partial charge in [0, 0.05) is 149 Å². The van der Waals surface area contributed by atoms with Crippen molar-refractivity contribution < 1.29 is 99.3 Å². The van der Waals surface area contributed by atoms with Crippen molar-refractivity contribution in [3.8, 4) is 23.0 Å². The van der Waals surface area contributed by atoms with E-state index in [4.69, 9.17) is 18.9 Å². The molecule has 16 aromatic rings. The van der Waals surface area contributed by atoms with Crippen LogP contribution in [0, 0.1) is 0 Å². The Hall–Kier alpha value is -11.6. The van der Waals surface area contributed by atoms with Gasteiger partial charge in [-0.25, -0.2) is 0 Å². The summed E-state index contributed by atoms with van der Waals surface area (Å²) < 4.78 is 22.4. The summed E-state index contributed by atoms with van der Waals surface area (Å²) in [7, 11) is -11.8. The van der Waals surface area contributed by atoms with Crippen LogP contribution in [0.1, 0.15) is 115 Å². The van der Waals surface area contributed by atoms with Gasteiger partial charge in [0.05, 0.1) is 70.6 Å². The maximum absolute atomic E-state index is 9.34. The molecule has 8 aromatic heterocycles. The first-order valence-electron chi connectivity index (χ1n) is 42.8. The summed E-state index contributed by atoms with van der Waals surface area (Å²) in [5.41, 5.74) is 23.9. The standard InChI is InChI=1S/2C12H12BNO3.2C12H12BNO2.2C11H10BNO3.2C11H10BNO2.3CH4.ClH/c2*15-13(16)9-3-4-10-11-8(2-1-7-17-10)5-6-14-12(9)11;2*15-13(16)10-5-4-8-2-1-3-9-6-7-14-12(10)11(8)9;2*14-12(15)8-1-2-9-10-7(4-6-16-9)3-5-13-11(8)10;2*14-12(15)9-4-3-7-1-2-8-5-6-13-11(9)10(7)8;;;;/h2*3-6,15-16H,1-2,7H2;2*4-7,15-16H,1-3H2;2*1-3,5,14-15H,4,6H2;2*3-6,14-15H,1-2H2;3*1H4;1H. The lowest BCUT2D eigenvalue weighted by molar-refractivity contribution is 0.318. The Labute approximate surface area is 771 Å². The van der Waals surface area contributed by atoms with Gasteiger partial charge in [-0.05, 0) is 229 Å². The maximum atomic E-state index is 9.34. The van der Waals surface area contributed by atoms with E-state index in [1.165, 1.54) is 44.5 Å². The number of benzene rings is 8. The summed E-state index contributed by atoms with van der Waals surface area (Å²) in [5.74, 6) is 3.11. The molecule has 4 aliphatic carbocycles. The minimum absolute atomic E-state index is 0. The van der Waals surface area contributed by atoms with Crippen molar-refractivity contribution in [2.45, 2.75) is 125 Å². The zero-order chi connectivity index (χ0) is 89.0. The number of ether oxygens (including phenoxy) is 4. The third-order valence-corrected chi connectivity index (χ3v) is 24.6. The summed E-state index contributed by atoms with van der Waals surface area (Å²) >= 11 is 0. The Kier molecular flexibility index (Phi) is 32.2. The Bertz CT molecular complexity index is 6190. The Balaban J connectivity index is 0.000000128. The van der Waals surface area contributed by atoms with Crippen LogP contribution in [-0.2, 0) is 77.0 Å². The van der Waals surface area contributed by atoms with Crippen molar-refractivity contribution in [2.24, 2.45) is 0 Å². The topological polar surface area (TPSA) is 464 Å². The number of halogens is 1. The number of pyridine rings is 8. The highest BCUT2D eigenvalue weighted by molar-refractivity contribution is 6.65. The van der Waals surface area contributed by atoms with E-state index in [1.54, 1.807) is 122 Å². The molecule has 4 aliphatic heterocycles. The molecule has 132 heavy (non-hydrogen) atoms. The lowest BCUT2D eigenvalue weighted by Gasteiger charge is -2.19. The van der Waals surface area contributed by atoms with E-state index in [-0.39, 0.29) is 34.7 Å². The molecule has 16 N–H and O–H groups in total. The van der Waals surface area contributed by atoms with Crippen LogP contribution in [0.4, 0.5) is 0 Å². The lowest BCUT2D eigenvalue weighted by Crippen LogP contribution is -2.31. The summed E-state index contributed by atoms with van der Waals surface area (Å²) in [6, 6.07) is 44.5. The monoisotopic (exact) mass is 1800 g/mol. The second kappa shape index (κ2) is 43.4. The first-order valence-corrected chi connectivity index (χ1v) is 42.8. The third-order valence-electron chi connectivity index (χ3n) is 24.6. The van der Waals surface area contributed by atoms with Crippen LogP contribution in [0.2, 0.25) is 0 Å². The minimum Gasteiger partial charge on any atom is -0.493 e. The molecule has 0 fully saturated rings. The van der Waals surface area contributed by atoms with Crippen molar-refractivity contribution in [3.63, 3.8) is 0 Å². The number of hydrogen-bond donors (Lipinski definition) is 16. The normalized spacial score (nSPS) is 13.5. The van der Waals surface area contributed by atoms with E-state index in [2.05, 4.69) is 39.9 Å². The zero-order valence-electron chi connectivity index (χ0n) is 70.0. The molecule has 0 saturated carbocycles. The van der Waals surface area contributed by atoms with Gasteiger partial charge >= 0.3 is 56.9 Å². The van der Waals surface area contributed by atoms with Gasteiger partial charge in [0.1, 0.15) is 23.0 Å². The maximum Gasteiger partial charge on any atom is 0.490 e. The van der Waals surface area contributed by atoms with Crippen LogP contribution >= 0.6 is 12.4 Å². The second-order valence-corrected chi connectivity index (χ2v) is 32.2. The van der Waals surface area contributed by atoms with Gasteiger partial charge in [-0.15, -0.1) is 12.4 Å². The predicted molar refractivity (Wildman–Crippen MR) is 525 cm³/mol. The molecule has 28 nitrogen and oxygen atoms in total. The van der Waals surface area contributed by atoms with E-state index in [1.807, 2.05) is 72.8 Å². The first kappa shape index (κ1) is 97.9. The van der Waals surface area contributed by atoms with E-state index >= 15 is 0 Å². The van der Waals surface area contributed by atoms with Gasteiger partial charge in [-0.3, -0.25) is 39.9 Å². The molecule has 8 aliphatic rings. The average Bonchev–Trinajstić information content (AvgIpc) is 1.64. The van der Waals surface area contributed by atoms with Crippen LogP contribution in [0.25, 0.3) is 87.2 Å². The number of nitrogens with zero attached hydrogens (tertiary/aromatic N) is 8. The van der Waals surface area contributed by atoms with Gasteiger partial charge < -0.3 is 99.3 Å². The van der Waals surface area contributed by atoms with Crippen LogP contribution in [0.15, 0.2) is 195 Å². The molecule has 0 bridgehead atoms. The summed E-state index contributed by atoms with van der Waals surface area (Å²) in [6.45, 7) is 2.69. The second-order valence-electron chi connectivity index (χ2n) is 32.2. The highest BCUT2D eigenvalue weighted by Crippen LogP contribution is 2.37. The molecule has 37 heteroatoms. The van der Waals surface area contributed by atoms with E-state index in [9.17, 15) is 80.4 Å². The van der Waals surface area contributed by atoms with Gasteiger partial charge in [-0.1, -0.05) is 95.1 Å². The Morgan fingerprint density at radius 1 is 0.174 bits per heavy atom. The highest BCUT2D eigenvalue weighted by atomic mass is 35.5. The molecule has 672 valence electrons. The first-order chi connectivity index (χ1) is 62.2. The molecule has 0 saturated heterocycles. The smallest absolute Gasteiger partial charge is 0.490 e. The molecule has 8 aromatic carbocycles. The highest BCUT2D eigenvalue weighted by Gasteiger charge is 2.30. The summed E-state index contributed by atoms with van der Waals surface area (Å²) in [4.78, 5) is 34.0. The quantitative estimate of drug-likeness (QED) is 0.0970. The van der Waals surface area contributed by atoms with E-state index in [0.717, 1.165) is 213 Å². The van der Waals surface area contributed by atoms with Crippen LogP contribution < -0.4 is 62.6 Å². The van der Waals surface area contributed by atoms with Gasteiger partial charge in [-0.2, -0.15) is 0 Å². The fourth-order valence-corrected chi connectivity index (χ4v) is 18.6. The minimum atomic E-state index is -1.50. The fourth-order valence-electron chi connectivity index (χ4n) is 18.6. The van der Waals surface area contributed by atoms with Crippen molar-refractivity contribution in [2.75, 3.05) is 26.4 Å². The van der Waals surface area contributed by atoms with E-state index < -0.39 is 56.9 Å². The SMILES string of the molecule is C.C.C.Cl.OB(O)c1ccc2c3c(ccnc13)CC2.OB(O)c1ccc2c3c(ccnc13)CC2.OB(O)c1ccc2c3c(ccnc13)CCC2.OB(O)c1ccc2c3c(ccnc13)CCC2.OB(O)c1ccc2c3c(ccnc13)CCCO2.OB(O)c1ccc2c3c(ccnc13)CCCO2.OB(O)c1ccc2c3c(ccnc13)CCO2.OB(O)c1ccc2c3c(ccnc13)CCO2. The van der Waals surface area contributed by atoms with Crippen molar-refractivity contribution in [1.29, 1.82) is 0 Å². The molecule has 0 spiro atoms. The molecular weight excluding hydrogens is 1700 g/mol. The Morgan fingerprint density at radius 3 is 0.553 bits per heavy atom. The number of rotatable bonds is 8. The van der Waals surface area contributed by atoms with E-state index in [0.29, 0.717) is 92.2 Å². The molecule has 0 radical (unpaired) electrons. The molecule has 0 unspecified atom stereocenters. The predicted octanol–water partition coefficient (Wildman–Crippen LogP) is 3.34. The number of hydrogen-bond acceptors (Lipinski definition) is 28. The number of aryl methyl sites for hydroxylation is 10. The molecule has 0 atom stereocenters. The molecular formula is C95H101B8ClN8O20. The lowest BCUT2D eigenvalue weighted by atomic mass is 9.76. The summed E-state index contributed by atoms with van der Waals surface area (Å²) in [6.07, 6.45) is 29.8. The Morgan fingerprint density at radius 2 is 0.333 bits per heavy atom. The van der Waals surface area contributed by atoms with Crippen molar-refractivity contribution in [3.05, 3.63) is 262 Å². The zero-order valence-corrected chi connectivity index (χ0v) is 70.8. The summed E-state index contributed by atoms with van der Waals surface area (Å²) in [5, 5.41) is 157. The molecule has 24 rings (SSSR count).